The Kier molecular flexibility index (Phi) is 9.09. The van der Waals surface area contributed by atoms with Crippen LogP contribution < -0.4 is 16.0 Å². The highest BCUT2D eigenvalue weighted by molar-refractivity contribution is 5.85. The SMILES string of the molecule is CCNC(=NCC(=O)N(C)C)NCCC(=O)NC1CCCCC1. The van der Waals surface area contributed by atoms with Gasteiger partial charge in [0.1, 0.15) is 6.54 Å². The molecular weight excluding hydrogens is 294 g/mol. The maximum atomic E-state index is 11.9. The van der Waals surface area contributed by atoms with Crippen LogP contribution in [0.15, 0.2) is 4.99 Å². The Labute approximate surface area is 139 Å². The molecule has 0 aromatic rings. The second-order valence-electron chi connectivity index (χ2n) is 6.06. The summed E-state index contributed by atoms with van der Waals surface area (Å²) in [5.74, 6) is 0.579. The Balaban J connectivity index is 2.29. The molecule has 0 saturated heterocycles. The first-order valence-electron chi connectivity index (χ1n) is 8.54. The largest absolute Gasteiger partial charge is 0.357 e. The maximum absolute atomic E-state index is 11.9. The minimum absolute atomic E-state index is 0.0581. The Bertz CT molecular complexity index is 403. The Morgan fingerprint density at radius 3 is 2.43 bits per heavy atom. The van der Waals surface area contributed by atoms with Crippen LogP contribution in [0.4, 0.5) is 0 Å². The van der Waals surface area contributed by atoms with E-state index in [1.54, 1.807) is 14.1 Å². The summed E-state index contributed by atoms with van der Waals surface area (Å²) in [5, 5.41) is 9.25. The van der Waals surface area contributed by atoms with Gasteiger partial charge in [-0.05, 0) is 19.8 Å². The van der Waals surface area contributed by atoms with E-state index in [4.69, 9.17) is 0 Å². The number of carbonyl (C=O) groups is 2. The number of hydrogen-bond donors (Lipinski definition) is 3. The molecular formula is C16H31N5O2. The van der Waals surface area contributed by atoms with Gasteiger partial charge >= 0.3 is 0 Å². The van der Waals surface area contributed by atoms with Crippen LogP contribution in [0.25, 0.3) is 0 Å². The van der Waals surface area contributed by atoms with Gasteiger partial charge in [0.2, 0.25) is 11.8 Å². The van der Waals surface area contributed by atoms with Crippen molar-refractivity contribution in [2.24, 2.45) is 4.99 Å². The second kappa shape index (κ2) is 10.9. The van der Waals surface area contributed by atoms with Crippen molar-refractivity contribution in [3.8, 4) is 0 Å². The number of aliphatic imine (C=N–C) groups is 1. The average Bonchev–Trinajstić information content (AvgIpc) is 2.53. The molecule has 1 rings (SSSR count). The average molecular weight is 325 g/mol. The first-order valence-corrected chi connectivity index (χ1v) is 8.54. The first kappa shape index (κ1) is 19.3. The van der Waals surface area contributed by atoms with E-state index in [1.165, 1.54) is 24.2 Å². The van der Waals surface area contributed by atoms with Crippen molar-refractivity contribution in [1.29, 1.82) is 0 Å². The molecule has 1 aliphatic carbocycles. The molecule has 7 heteroatoms. The van der Waals surface area contributed by atoms with Gasteiger partial charge in [-0.25, -0.2) is 4.99 Å². The zero-order valence-electron chi connectivity index (χ0n) is 14.7. The zero-order valence-corrected chi connectivity index (χ0v) is 14.7. The highest BCUT2D eigenvalue weighted by Gasteiger charge is 2.15. The molecule has 0 bridgehead atoms. The van der Waals surface area contributed by atoms with Crippen LogP contribution in [-0.2, 0) is 9.59 Å². The fourth-order valence-corrected chi connectivity index (χ4v) is 2.47. The van der Waals surface area contributed by atoms with Gasteiger partial charge in [-0.2, -0.15) is 0 Å². The summed E-state index contributed by atoms with van der Waals surface area (Å²) in [7, 11) is 3.40. The zero-order chi connectivity index (χ0) is 17.1. The van der Waals surface area contributed by atoms with Gasteiger partial charge in [0.25, 0.3) is 0 Å². The fraction of sp³-hybridized carbons (Fsp3) is 0.812. The number of hydrogen-bond acceptors (Lipinski definition) is 3. The lowest BCUT2D eigenvalue weighted by atomic mass is 9.95. The minimum atomic E-state index is -0.0581. The molecule has 0 aromatic heterocycles. The van der Waals surface area contributed by atoms with Gasteiger partial charge in [-0.15, -0.1) is 0 Å². The van der Waals surface area contributed by atoms with Crippen LogP contribution in [0, 0.1) is 0 Å². The number of likely N-dealkylation sites (N-methyl/N-ethyl adjacent to an activating group) is 1. The summed E-state index contributed by atoms with van der Waals surface area (Å²) in [6.45, 7) is 3.26. The van der Waals surface area contributed by atoms with Crippen molar-refractivity contribution < 1.29 is 9.59 Å². The van der Waals surface area contributed by atoms with E-state index >= 15 is 0 Å². The van der Waals surface area contributed by atoms with E-state index in [9.17, 15) is 9.59 Å². The highest BCUT2D eigenvalue weighted by atomic mass is 16.2. The summed E-state index contributed by atoms with van der Waals surface area (Å²) in [5.41, 5.74) is 0. The molecule has 0 radical (unpaired) electrons. The van der Waals surface area contributed by atoms with Gasteiger partial charge in [-0.1, -0.05) is 19.3 Å². The van der Waals surface area contributed by atoms with Crippen LogP contribution in [0.3, 0.4) is 0 Å². The van der Waals surface area contributed by atoms with Gasteiger partial charge < -0.3 is 20.9 Å². The summed E-state index contributed by atoms with van der Waals surface area (Å²) in [6, 6.07) is 0.343. The Hall–Kier alpha value is -1.79. The fourth-order valence-electron chi connectivity index (χ4n) is 2.47. The number of guanidine groups is 1. The van der Waals surface area contributed by atoms with Gasteiger partial charge in [0, 0.05) is 39.6 Å². The molecule has 0 aromatic carbocycles. The topological polar surface area (TPSA) is 85.8 Å². The monoisotopic (exact) mass is 325 g/mol. The molecule has 2 amide bonds. The number of rotatable bonds is 7. The van der Waals surface area contributed by atoms with Crippen molar-refractivity contribution in [3.63, 3.8) is 0 Å². The van der Waals surface area contributed by atoms with Gasteiger partial charge in [0.15, 0.2) is 5.96 Å². The van der Waals surface area contributed by atoms with Crippen molar-refractivity contribution in [3.05, 3.63) is 0 Å². The normalized spacial score (nSPS) is 15.9. The molecule has 0 spiro atoms. The van der Waals surface area contributed by atoms with E-state index in [2.05, 4.69) is 20.9 Å². The number of nitrogens with zero attached hydrogens (tertiary/aromatic N) is 2. The molecule has 0 heterocycles. The second-order valence-corrected chi connectivity index (χ2v) is 6.06. The third-order valence-electron chi connectivity index (χ3n) is 3.83. The van der Waals surface area contributed by atoms with E-state index in [0.29, 0.717) is 31.5 Å². The van der Waals surface area contributed by atoms with Crippen LogP contribution >= 0.6 is 0 Å². The van der Waals surface area contributed by atoms with Gasteiger partial charge in [-0.3, -0.25) is 9.59 Å². The summed E-state index contributed by atoms with van der Waals surface area (Å²) in [6.07, 6.45) is 6.29. The molecule has 0 aliphatic heterocycles. The molecule has 7 nitrogen and oxygen atoms in total. The summed E-state index contributed by atoms with van der Waals surface area (Å²) < 4.78 is 0. The van der Waals surface area contributed by atoms with E-state index < -0.39 is 0 Å². The molecule has 0 unspecified atom stereocenters. The molecule has 1 saturated carbocycles. The molecule has 3 N–H and O–H groups in total. The van der Waals surface area contributed by atoms with E-state index in [-0.39, 0.29) is 18.4 Å². The minimum Gasteiger partial charge on any atom is -0.357 e. The van der Waals surface area contributed by atoms with E-state index in [1.807, 2.05) is 6.92 Å². The van der Waals surface area contributed by atoms with Crippen LogP contribution in [0.1, 0.15) is 45.4 Å². The van der Waals surface area contributed by atoms with Crippen molar-refractivity contribution in [2.45, 2.75) is 51.5 Å². The first-order chi connectivity index (χ1) is 11.0. The highest BCUT2D eigenvalue weighted by Crippen LogP contribution is 2.17. The number of carbonyl (C=O) groups excluding carboxylic acids is 2. The third kappa shape index (κ3) is 8.42. The molecule has 1 fully saturated rings. The van der Waals surface area contributed by atoms with Crippen molar-refractivity contribution in [2.75, 3.05) is 33.7 Å². The summed E-state index contributed by atoms with van der Waals surface area (Å²) >= 11 is 0. The third-order valence-corrected chi connectivity index (χ3v) is 3.83. The van der Waals surface area contributed by atoms with Crippen molar-refractivity contribution >= 4 is 17.8 Å². The van der Waals surface area contributed by atoms with E-state index in [0.717, 1.165) is 12.8 Å². The van der Waals surface area contributed by atoms with Gasteiger partial charge in [0.05, 0.1) is 0 Å². The lowest BCUT2D eigenvalue weighted by molar-refractivity contribution is -0.127. The quantitative estimate of drug-likeness (QED) is 0.469. The molecule has 132 valence electrons. The predicted molar refractivity (Wildman–Crippen MR) is 92.3 cm³/mol. The van der Waals surface area contributed by atoms with Crippen molar-refractivity contribution in [1.82, 2.24) is 20.9 Å². The van der Waals surface area contributed by atoms with Crippen LogP contribution in [0.5, 0.6) is 0 Å². The Morgan fingerprint density at radius 1 is 1.13 bits per heavy atom. The Morgan fingerprint density at radius 2 is 1.83 bits per heavy atom. The molecule has 0 atom stereocenters. The predicted octanol–water partition coefficient (Wildman–Crippen LogP) is 0.469. The smallest absolute Gasteiger partial charge is 0.243 e. The maximum Gasteiger partial charge on any atom is 0.243 e. The van der Waals surface area contributed by atoms with Crippen LogP contribution in [-0.4, -0.2) is 62.4 Å². The standard InChI is InChI=1S/C16H31N5O2/c1-4-17-16(19-12-15(23)21(2)3)18-11-10-14(22)20-13-8-6-5-7-9-13/h13H,4-12H2,1-3H3,(H,20,22)(H2,17,18,19). The molecule has 23 heavy (non-hydrogen) atoms. The number of amides is 2. The number of nitrogens with one attached hydrogen (secondary N) is 3. The lowest BCUT2D eigenvalue weighted by Gasteiger charge is -2.22. The lowest BCUT2D eigenvalue weighted by Crippen LogP contribution is -2.41. The van der Waals surface area contributed by atoms with Crippen LogP contribution in [0.2, 0.25) is 0 Å². The summed E-state index contributed by atoms with van der Waals surface area (Å²) in [4.78, 5) is 29.2. The molecule has 1 aliphatic rings.